The maximum atomic E-state index is 11.2. The minimum Gasteiger partial charge on any atom is -0.744 e. The number of nitrogens with zero attached hydrogens (tertiary/aromatic N) is 1. The molecule has 9 nitrogen and oxygen atoms in total. The van der Waals surface area contributed by atoms with Crippen LogP contribution in [0.15, 0.2) is 40.1 Å². The van der Waals surface area contributed by atoms with E-state index in [1.807, 2.05) is 0 Å². The molecular weight excluding hydrogens is 382 g/mol. The molecule has 0 heterocycles. The average Bonchev–Trinajstić information content (AvgIpc) is 2.34. The third-order valence-corrected chi connectivity index (χ3v) is 4.42. The van der Waals surface area contributed by atoms with Crippen molar-refractivity contribution in [2.24, 2.45) is 0 Å². The first-order valence-electron chi connectivity index (χ1n) is 5.15. The molecule has 0 spiro atoms. The Balaban J connectivity index is 0.00000242. The quantitative estimate of drug-likeness (QED) is 0.320. The molecule has 22 heavy (non-hydrogen) atoms. The Hall–Kier alpha value is -1.56. The molecule has 0 aromatic heterocycles. The molecule has 2 aromatic rings. The van der Waals surface area contributed by atoms with Crippen molar-refractivity contribution in [2.45, 2.75) is 9.79 Å². The number of benzene rings is 2. The standard InChI is InChI=1S/C10H7NO8S2.Fe/c12-11(13)6-4-8-7(10(5-6)21(17,18)19)2-1-3-9(8)20(14,15)16;/h1-5H,(H,14,15,16)(H,17,18,19);/q;+2/p-2. The largest absolute Gasteiger partial charge is 2.00 e. The third-order valence-electron chi connectivity index (χ3n) is 2.65. The van der Waals surface area contributed by atoms with E-state index < -0.39 is 46.0 Å². The minimum absolute atomic E-state index is 0. The van der Waals surface area contributed by atoms with Gasteiger partial charge in [0, 0.05) is 22.9 Å². The zero-order valence-electron chi connectivity index (χ0n) is 10.3. The molecule has 0 saturated heterocycles. The van der Waals surface area contributed by atoms with Gasteiger partial charge in [0.2, 0.25) is 0 Å². The molecule has 0 fully saturated rings. The molecule has 0 aliphatic carbocycles. The van der Waals surface area contributed by atoms with Gasteiger partial charge < -0.3 is 9.11 Å². The predicted octanol–water partition coefficient (Wildman–Crippen LogP) is 0.554. The maximum Gasteiger partial charge on any atom is 2.00 e. The summed E-state index contributed by atoms with van der Waals surface area (Å²) >= 11 is 0. The molecule has 118 valence electrons. The number of non-ortho nitro benzene ring substituents is 1. The van der Waals surface area contributed by atoms with E-state index in [4.69, 9.17) is 0 Å². The summed E-state index contributed by atoms with van der Waals surface area (Å²) in [7, 11) is -10.1. The van der Waals surface area contributed by atoms with Crippen molar-refractivity contribution < 1.29 is 47.9 Å². The van der Waals surface area contributed by atoms with Crippen molar-refractivity contribution in [3.8, 4) is 0 Å². The van der Waals surface area contributed by atoms with E-state index in [0.29, 0.717) is 6.07 Å². The first kappa shape index (κ1) is 18.5. The molecule has 2 rings (SSSR count). The second-order valence-electron chi connectivity index (χ2n) is 3.96. The third kappa shape index (κ3) is 3.43. The molecule has 0 aliphatic heterocycles. The first-order valence-corrected chi connectivity index (χ1v) is 7.96. The van der Waals surface area contributed by atoms with Gasteiger partial charge in [-0.05, 0) is 6.07 Å². The SMILES string of the molecule is O=[N+]([O-])c1cc(S(=O)(=O)[O-])c2cccc(S(=O)(=O)[O-])c2c1.[Fe+2]. The zero-order valence-corrected chi connectivity index (χ0v) is 13.0. The number of hydrogen-bond acceptors (Lipinski definition) is 8. The predicted molar refractivity (Wildman–Crippen MR) is 66.5 cm³/mol. The molecule has 0 amide bonds. The van der Waals surface area contributed by atoms with E-state index >= 15 is 0 Å². The summed E-state index contributed by atoms with van der Waals surface area (Å²) in [6, 6.07) is 4.27. The number of hydrogen-bond donors (Lipinski definition) is 0. The van der Waals surface area contributed by atoms with Gasteiger partial charge in [0.15, 0.2) is 0 Å². The summed E-state index contributed by atoms with van der Waals surface area (Å²) in [6.45, 7) is 0. The zero-order chi connectivity index (χ0) is 16.0. The number of nitro benzene ring substituents is 1. The Kier molecular flexibility index (Phi) is 4.97. The summed E-state index contributed by atoms with van der Waals surface area (Å²) < 4.78 is 66.9. The van der Waals surface area contributed by atoms with Crippen LogP contribution in [0.3, 0.4) is 0 Å². The summed E-state index contributed by atoms with van der Waals surface area (Å²) in [4.78, 5) is 7.97. The van der Waals surface area contributed by atoms with Crippen LogP contribution in [0.4, 0.5) is 5.69 Å². The van der Waals surface area contributed by atoms with Crippen LogP contribution in [0.5, 0.6) is 0 Å². The van der Waals surface area contributed by atoms with Gasteiger partial charge in [-0.15, -0.1) is 0 Å². The Morgan fingerprint density at radius 3 is 1.86 bits per heavy atom. The van der Waals surface area contributed by atoms with Crippen LogP contribution in [0, 0.1) is 10.1 Å². The molecule has 0 aliphatic rings. The van der Waals surface area contributed by atoms with Crippen LogP contribution in [-0.2, 0) is 37.3 Å². The van der Waals surface area contributed by atoms with E-state index in [1.54, 1.807) is 0 Å². The molecule has 0 N–H and O–H groups in total. The monoisotopic (exact) mass is 387 g/mol. The molecule has 0 unspecified atom stereocenters. The van der Waals surface area contributed by atoms with Gasteiger partial charge in [0.25, 0.3) is 5.69 Å². The number of nitro groups is 1. The van der Waals surface area contributed by atoms with Crippen molar-refractivity contribution in [3.63, 3.8) is 0 Å². The fraction of sp³-hybridized carbons (Fsp3) is 0. The van der Waals surface area contributed by atoms with E-state index in [0.717, 1.165) is 24.3 Å². The van der Waals surface area contributed by atoms with Gasteiger partial charge in [-0.1, -0.05) is 12.1 Å². The topological polar surface area (TPSA) is 158 Å². The van der Waals surface area contributed by atoms with E-state index in [9.17, 15) is 36.1 Å². The van der Waals surface area contributed by atoms with Gasteiger partial charge >= 0.3 is 17.1 Å². The van der Waals surface area contributed by atoms with E-state index in [2.05, 4.69) is 0 Å². The van der Waals surface area contributed by atoms with Crippen LogP contribution < -0.4 is 0 Å². The van der Waals surface area contributed by atoms with Crippen molar-refractivity contribution in [3.05, 3.63) is 40.4 Å². The molecule has 0 bridgehead atoms. The van der Waals surface area contributed by atoms with Gasteiger partial charge in [0.1, 0.15) is 20.2 Å². The molecule has 0 radical (unpaired) electrons. The molecular formula is C10H5FeNO8S2. The van der Waals surface area contributed by atoms with Crippen LogP contribution in [0.25, 0.3) is 10.8 Å². The van der Waals surface area contributed by atoms with Gasteiger partial charge in [0.05, 0.1) is 14.7 Å². The fourth-order valence-corrected chi connectivity index (χ4v) is 3.24. The molecule has 0 saturated carbocycles. The maximum absolute atomic E-state index is 11.2. The second kappa shape index (κ2) is 5.91. The average molecular weight is 387 g/mol. The second-order valence-corrected chi connectivity index (χ2v) is 6.66. The minimum atomic E-state index is -5.10. The first-order chi connectivity index (χ1) is 9.51. The molecule has 2 aromatic carbocycles. The van der Waals surface area contributed by atoms with Crippen LogP contribution in [0.1, 0.15) is 0 Å². The smallest absolute Gasteiger partial charge is 0.744 e. The van der Waals surface area contributed by atoms with Crippen molar-refractivity contribution in [2.75, 3.05) is 0 Å². The Morgan fingerprint density at radius 1 is 0.864 bits per heavy atom. The van der Waals surface area contributed by atoms with Crippen molar-refractivity contribution in [1.82, 2.24) is 0 Å². The number of rotatable bonds is 3. The van der Waals surface area contributed by atoms with Gasteiger partial charge in [-0.25, -0.2) is 16.8 Å². The van der Waals surface area contributed by atoms with Crippen LogP contribution >= 0.6 is 0 Å². The number of fused-ring (bicyclic) bond motifs is 1. The Bertz CT molecular complexity index is 968. The van der Waals surface area contributed by atoms with Gasteiger partial charge in [-0.3, -0.25) is 10.1 Å². The molecule has 12 heteroatoms. The van der Waals surface area contributed by atoms with Gasteiger partial charge in [-0.2, -0.15) is 0 Å². The van der Waals surface area contributed by atoms with Crippen LogP contribution in [0.2, 0.25) is 0 Å². The summed E-state index contributed by atoms with van der Waals surface area (Å²) in [6.07, 6.45) is 0. The van der Waals surface area contributed by atoms with Crippen LogP contribution in [-0.4, -0.2) is 30.9 Å². The van der Waals surface area contributed by atoms with E-state index in [-0.39, 0.29) is 22.5 Å². The molecule has 0 atom stereocenters. The van der Waals surface area contributed by atoms with E-state index in [1.165, 1.54) is 0 Å². The fourth-order valence-electron chi connectivity index (χ4n) is 1.84. The van der Waals surface area contributed by atoms with Crippen molar-refractivity contribution >= 4 is 36.7 Å². The summed E-state index contributed by atoms with van der Waals surface area (Å²) in [5.41, 5.74) is -0.812. The Morgan fingerprint density at radius 2 is 1.41 bits per heavy atom. The summed E-state index contributed by atoms with van der Waals surface area (Å²) in [5.74, 6) is 0. The normalized spacial score (nSPS) is 11.9. The Labute approximate surface area is 135 Å². The summed E-state index contributed by atoms with van der Waals surface area (Å²) in [5, 5.41) is 9.91. The van der Waals surface area contributed by atoms with Crippen molar-refractivity contribution in [1.29, 1.82) is 0 Å².